The van der Waals surface area contributed by atoms with Crippen molar-refractivity contribution in [1.82, 2.24) is 4.31 Å². The van der Waals surface area contributed by atoms with Crippen LogP contribution in [0.2, 0.25) is 0 Å². The molecule has 0 heterocycles. The van der Waals surface area contributed by atoms with Gasteiger partial charge in [0.2, 0.25) is 10.0 Å². The third-order valence-corrected chi connectivity index (χ3v) is 3.80. The number of allylic oxidation sites excluding steroid dienone is 1. The molecule has 0 saturated heterocycles. The molecule has 0 atom stereocenters. The van der Waals surface area contributed by atoms with Crippen LogP contribution in [0.5, 0.6) is 0 Å². The molecule has 0 N–H and O–H groups in total. The van der Waals surface area contributed by atoms with E-state index < -0.39 is 10.0 Å². The van der Waals surface area contributed by atoms with Crippen LogP contribution in [0, 0.1) is 12.3 Å². The van der Waals surface area contributed by atoms with Crippen molar-refractivity contribution < 1.29 is 8.42 Å². The first-order chi connectivity index (χ1) is 7.08. The normalized spacial score (nSPS) is 12.1. The molecule has 0 rings (SSSR count). The minimum atomic E-state index is -3.15. The summed E-state index contributed by atoms with van der Waals surface area (Å²) in [5, 5.41) is 0. The predicted molar refractivity (Wildman–Crippen MR) is 63.9 cm³/mol. The zero-order valence-electron chi connectivity index (χ0n) is 9.44. The van der Waals surface area contributed by atoms with Crippen molar-refractivity contribution in [3.8, 4) is 12.3 Å². The van der Waals surface area contributed by atoms with Gasteiger partial charge in [0.15, 0.2) is 0 Å². The third kappa shape index (κ3) is 5.60. The molecule has 0 aliphatic heterocycles. The molecule has 0 aromatic carbocycles. The standard InChI is InChI=1S/C11H19NO2S/c1-4-7-8-9-11-12(10-5-2)15(13,14)6-3/h2,7-8H,4,6,9-11H2,1,3H3. The van der Waals surface area contributed by atoms with Crippen molar-refractivity contribution in [2.75, 3.05) is 18.8 Å². The molecule has 0 fully saturated rings. The molecule has 0 aliphatic rings. The third-order valence-electron chi connectivity index (χ3n) is 1.97. The fraction of sp³-hybridized carbons (Fsp3) is 0.636. The van der Waals surface area contributed by atoms with Gasteiger partial charge in [0.05, 0.1) is 12.3 Å². The first-order valence-electron chi connectivity index (χ1n) is 5.14. The van der Waals surface area contributed by atoms with Crippen molar-refractivity contribution in [3.05, 3.63) is 12.2 Å². The molecule has 0 saturated carbocycles. The summed E-state index contributed by atoms with van der Waals surface area (Å²) < 4.78 is 24.5. The molecule has 15 heavy (non-hydrogen) atoms. The van der Waals surface area contributed by atoms with E-state index in [9.17, 15) is 8.42 Å². The summed E-state index contributed by atoms with van der Waals surface area (Å²) in [7, 11) is -3.15. The van der Waals surface area contributed by atoms with Crippen molar-refractivity contribution in [2.24, 2.45) is 0 Å². The number of sulfonamides is 1. The molecule has 3 nitrogen and oxygen atoms in total. The van der Waals surface area contributed by atoms with Crippen LogP contribution in [0.15, 0.2) is 12.2 Å². The van der Waals surface area contributed by atoms with E-state index in [0.717, 1.165) is 12.8 Å². The van der Waals surface area contributed by atoms with Gasteiger partial charge in [-0.05, 0) is 19.8 Å². The Balaban J connectivity index is 4.31. The Morgan fingerprint density at radius 3 is 2.47 bits per heavy atom. The summed E-state index contributed by atoms with van der Waals surface area (Å²) in [5.41, 5.74) is 0. The van der Waals surface area contributed by atoms with E-state index in [1.807, 2.05) is 19.1 Å². The Kier molecular flexibility index (Phi) is 7.10. The molecule has 0 radical (unpaired) electrons. The summed E-state index contributed by atoms with van der Waals surface area (Å²) in [6, 6.07) is 0. The number of hydrogen-bond acceptors (Lipinski definition) is 2. The Bertz CT molecular complexity index is 325. The van der Waals surface area contributed by atoms with Gasteiger partial charge in [-0.25, -0.2) is 8.42 Å². The van der Waals surface area contributed by atoms with Crippen molar-refractivity contribution >= 4 is 10.0 Å². The molecular weight excluding hydrogens is 210 g/mol. The smallest absolute Gasteiger partial charge is 0.212 e. The highest BCUT2D eigenvalue weighted by atomic mass is 32.2. The highest BCUT2D eigenvalue weighted by Gasteiger charge is 2.17. The molecule has 0 unspecified atom stereocenters. The summed E-state index contributed by atoms with van der Waals surface area (Å²) in [6.45, 7) is 4.30. The quantitative estimate of drug-likeness (QED) is 0.491. The van der Waals surface area contributed by atoms with Gasteiger partial charge in [-0.1, -0.05) is 25.0 Å². The maximum absolute atomic E-state index is 11.6. The predicted octanol–water partition coefficient (Wildman–Crippen LogP) is 1.63. The van der Waals surface area contributed by atoms with Gasteiger partial charge in [0.25, 0.3) is 0 Å². The summed E-state index contributed by atoms with van der Waals surface area (Å²) >= 11 is 0. The Hall–Kier alpha value is -0.790. The van der Waals surface area contributed by atoms with Crippen LogP contribution in [0.1, 0.15) is 26.7 Å². The Morgan fingerprint density at radius 1 is 1.33 bits per heavy atom. The maximum Gasteiger partial charge on any atom is 0.214 e. The lowest BCUT2D eigenvalue weighted by atomic mass is 10.3. The molecule has 0 bridgehead atoms. The monoisotopic (exact) mass is 229 g/mol. The maximum atomic E-state index is 11.6. The van der Waals surface area contributed by atoms with Gasteiger partial charge in [-0.2, -0.15) is 4.31 Å². The topological polar surface area (TPSA) is 37.4 Å². The molecule has 0 aliphatic carbocycles. The zero-order valence-corrected chi connectivity index (χ0v) is 10.3. The minimum Gasteiger partial charge on any atom is -0.212 e. The van der Waals surface area contributed by atoms with Crippen LogP contribution in [0.3, 0.4) is 0 Å². The van der Waals surface area contributed by atoms with Crippen LogP contribution in [-0.2, 0) is 10.0 Å². The van der Waals surface area contributed by atoms with E-state index >= 15 is 0 Å². The van der Waals surface area contributed by atoms with Gasteiger partial charge in [-0.3, -0.25) is 0 Å². The van der Waals surface area contributed by atoms with Crippen molar-refractivity contribution in [1.29, 1.82) is 0 Å². The van der Waals surface area contributed by atoms with Crippen molar-refractivity contribution in [3.63, 3.8) is 0 Å². The van der Waals surface area contributed by atoms with Gasteiger partial charge in [0, 0.05) is 6.54 Å². The van der Waals surface area contributed by atoms with Gasteiger partial charge in [-0.15, -0.1) is 6.42 Å². The lowest BCUT2D eigenvalue weighted by Crippen LogP contribution is -2.33. The summed E-state index contributed by atoms with van der Waals surface area (Å²) in [5.74, 6) is 2.48. The second kappa shape index (κ2) is 7.49. The van der Waals surface area contributed by atoms with Crippen LogP contribution < -0.4 is 0 Å². The largest absolute Gasteiger partial charge is 0.214 e. The highest BCUT2D eigenvalue weighted by molar-refractivity contribution is 7.89. The van der Waals surface area contributed by atoms with E-state index in [2.05, 4.69) is 5.92 Å². The number of rotatable bonds is 7. The molecule has 4 heteroatoms. The first-order valence-corrected chi connectivity index (χ1v) is 6.75. The second-order valence-electron chi connectivity index (χ2n) is 3.11. The Labute approximate surface area is 93.2 Å². The van der Waals surface area contributed by atoms with E-state index in [-0.39, 0.29) is 12.3 Å². The lowest BCUT2D eigenvalue weighted by molar-refractivity contribution is 0.453. The molecule has 0 amide bonds. The van der Waals surface area contributed by atoms with E-state index in [1.165, 1.54) is 4.31 Å². The summed E-state index contributed by atoms with van der Waals surface area (Å²) in [6.07, 6.45) is 10.8. The highest BCUT2D eigenvalue weighted by Crippen LogP contribution is 2.02. The van der Waals surface area contributed by atoms with E-state index in [4.69, 9.17) is 6.42 Å². The Morgan fingerprint density at radius 2 is 2.00 bits per heavy atom. The van der Waals surface area contributed by atoms with Crippen LogP contribution in [0.25, 0.3) is 0 Å². The zero-order chi connectivity index (χ0) is 11.7. The number of hydrogen-bond donors (Lipinski definition) is 0. The lowest BCUT2D eigenvalue weighted by Gasteiger charge is -2.17. The van der Waals surface area contributed by atoms with Crippen LogP contribution in [-0.4, -0.2) is 31.6 Å². The van der Waals surface area contributed by atoms with Crippen LogP contribution >= 0.6 is 0 Å². The van der Waals surface area contributed by atoms with E-state index in [0.29, 0.717) is 6.54 Å². The molecule has 0 spiro atoms. The molecule has 0 aromatic rings. The fourth-order valence-corrected chi connectivity index (χ4v) is 2.12. The second-order valence-corrected chi connectivity index (χ2v) is 5.36. The number of terminal acetylenes is 1. The average molecular weight is 229 g/mol. The average Bonchev–Trinajstić information content (AvgIpc) is 2.22. The van der Waals surface area contributed by atoms with Gasteiger partial charge >= 0.3 is 0 Å². The minimum absolute atomic E-state index is 0.103. The first kappa shape index (κ1) is 14.2. The van der Waals surface area contributed by atoms with Gasteiger partial charge in [0.1, 0.15) is 0 Å². The molecule has 0 aromatic heterocycles. The fourth-order valence-electron chi connectivity index (χ4n) is 1.10. The van der Waals surface area contributed by atoms with Gasteiger partial charge < -0.3 is 0 Å². The molecule has 86 valence electrons. The number of nitrogens with zero attached hydrogens (tertiary/aromatic N) is 1. The SMILES string of the molecule is C#CCN(CCC=CCC)S(=O)(=O)CC. The molecular formula is C11H19NO2S. The summed E-state index contributed by atoms with van der Waals surface area (Å²) in [4.78, 5) is 0. The van der Waals surface area contributed by atoms with Crippen LogP contribution in [0.4, 0.5) is 0 Å². The van der Waals surface area contributed by atoms with E-state index in [1.54, 1.807) is 6.92 Å². The van der Waals surface area contributed by atoms with Crippen molar-refractivity contribution in [2.45, 2.75) is 26.7 Å².